The monoisotopic (exact) mass is 484 g/mol. The van der Waals surface area contributed by atoms with Gasteiger partial charge in [-0.15, -0.1) is 0 Å². The second-order valence-corrected chi connectivity index (χ2v) is 8.67. The summed E-state index contributed by atoms with van der Waals surface area (Å²) in [5.74, 6) is 0. The van der Waals surface area contributed by atoms with Gasteiger partial charge in [0.05, 0.1) is 30.1 Å². The first-order chi connectivity index (χ1) is 14.5. The molecule has 1 saturated heterocycles. The molecule has 2 atom stereocenters. The molecule has 0 saturated carbocycles. The first kappa shape index (κ1) is 21.0. The van der Waals surface area contributed by atoms with E-state index in [4.69, 9.17) is 17.0 Å². The fourth-order valence-electron chi connectivity index (χ4n) is 4.27. The summed E-state index contributed by atoms with van der Waals surface area (Å²) in [5, 5.41) is 4.24. The fourth-order valence-corrected chi connectivity index (χ4v) is 5.06. The van der Waals surface area contributed by atoms with Crippen LogP contribution in [0.3, 0.4) is 0 Å². The summed E-state index contributed by atoms with van der Waals surface area (Å²) in [4.78, 5) is 6.85. The second-order valence-electron chi connectivity index (χ2n) is 7.43. The van der Waals surface area contributed by atoms with E-state index in [2.05, 4.69) is 79.9 Å². The van der Waals surface area contributed by atoms with Crippen LogP contribution in [0.15, 0.2) is 59.2 Å². The van der Waals surface area contributed by atoms with E-state index in [1.165, 1.54) is 17.0 Å². The number of rotatable bonds is 6. The van der Waals surface area contributed by atoms with Crippen LogP contribution >= 0.6 is 28.1 Å². The standard InChI is InChI=1S/C23H25BrN4OS/c1-15-14-17(16(2)28(15)20-10-5-4-8-18(20)24)22-21(19-9-6-7-11-25-19)26-23(30)27(22)12-13-29-3/h4-11,14,21-22H,12-13H2,1-3H3,(H,26,30)/t21-,22+/m1/s1. The van der Waals surface area contributed by atoms with E-state index in [1.54, 1.807) is 7.11 Å². The summed E-state index contributed by atoms with van der Waals surface area (Å²) >= 11 is 9.43. The van der Waals surface area contributed by atoms with Crippen molar-refractivity contribution in [2.24, 2.45) is 0 Å². The highest BCUT2D eigenvalue weighted by molar-refractivity contribution is 9.10. The topological polar surface area (TPSA) is 42.3 Å². The fraction of sp³-hybridized carbons (Fsp3) is 0.304. The molecule has 1 N–H and O–H groups in total. The van der Waals surface area contributed by atoms with Gasteiger partial charge in [-0.3, -0.25) is 4.98 Å². The Morgan fingerprint density at radius 3 is 2.63 bits per heavy atom. The maximum Gasteiger partial charge on any atom is 0.170 e. The summed E-state index contributed by atoms with van der Waals surface area (Å²) in [6.45, 7) is 5.64. The smallest absolute Gasteiger partial charge is 0.170 e. The molecule has 1 aliphatic rings. The molecule has 3 aromatic rings. The maximum absolute atomic E-state index is 5.72. The molecule has 0 bridgehead atoms. The Kier molecular flexibility index (Phi) is 6.22. The van der Waals surface area contributed by atoms with Gasteiger partial charge in [0.25, 0.3) is 0 Å². The molecule has 156 valence electrons. The van der Waals surface area contributed by atoms with Crippen molar-refractivity contribution in [3.05, 3.63) is 81.8 Å². The van der Waals surface area contributed by atoms with Gasteiger partial charge in [-0.25, -0.2) is 0 Å². The number of halogens is 1. The average Bonchev–Trinajstić information content (AvgIpc) is 3.23. The van der Waals surface area contributed by atoms with Crippen molar-refractivity contribution in [3.8, 4) is 5.69 Å². The molecule has 2 aromatic heterocycles. The highest BCUT2D eigenvalue weighted by Gasteiger charge is 2.41. The average molecular weight is 485 g/mol. The van der Waals surface area contributed by atoms with Crippen LogP contribution in [-0.2, 0) is 4.74 Å². The zero-order chi connectivity index (χ0) is 21.3. The lowest BCUT2D eigenvalue weighted by atomic mass is 9.97. The lowest BCUT2D eigenvalue weighted by Crippen LogP contribution is -2.32. The molecule has 0 amide bonds. The Bertz CT molecular complexity index is 1050. The van der Waals surface area contributed by atoms with Gasteiger partial charge in [-0.1, -0.05) is 18.2 Å². The summed E-state index contributed by atoms with van der Waals surface area (Å²) in [5.41, 5.74) is 5.72. The number of methoxy groups -OCH3 is 1. The zero-order valence-corrected chi connectivity index (χ0v) is 19.7. The normalized spacial score (nSPS) is 18.7. The van der Waals surface area contributed by atoms with Gasteiger partial charge in [0, 0.05) is 35.7 Å². The third kappa shape index (κ3) is 3.77. The third-order valence-corrected chi connectivity index (χ3v) is 6.64. The number of aromatic nitrogens is 2. The quantitative estimate of drug-likeness (QED) is 0.505. The molecule has 30 heavy (non-hydrogen) atoms. The summed E-state index contributed by atoms with van der Waals surface area (Å²) < 4.78 is 8.73. The number of nitrogens with one attached hydrogen (secondary N) is 1. The summed E-state index contributed by atoms with van der Waals surface area (Å²) in [6.07, 6.45) is 1.83. The number of hydrogen-bond donors (Lipinski definition) is 1. The molecule has 7 heteroatoms. The molecule has 1 fully saturated rings. The Hall–Kier alpha value is -2.22. The van der Waals surface area contributed by atoms with Crippen LogP contribution in [-0.4, -0.2) is 39.8 Å². The van der Waals surface area contributed by atoms with Crippen LogP contribution in [0.25, 0.3) is 5.69 Å². The number of thiocarbonyl (C=S) groups is 1. The minimum Gasteiger partial charge on any atom is -0.383 e. The number of nitrogens with zero attached hydrogens (tertiary/aromatic N) is 3. The van der Waals surface area contributed by atoms with Crippen molar-refractivity contribution < 1.29 is 4.74 Å². The molecule has 0 spiro atoms. The summed E-state index contributed by atoms with van der Waals surface area (Å²) in [7, 11) is 1.72. The molecule has 1 aliphatic heterocycles. The summed E-state index contributed by atoms with van der Waals surface area (Å²) in [6, 6.07) is 16.6. The van der Waals surface area contributed by atoms with Gasteiger partial charge in [0.15, 0.2) is 5.11 Å². The second kappa shape index (κ2) is 8.88. The number of hydrogen-bond acceptors (Lipinski definition) is 3. The van der Waals surface area contributed by atoms with E-state index in [0.29, 0.717) is 6.61 Å². The van der Waals surface area contributed by atoms with Crippen LogP contribution in [0.4, 0.5) is 0 Å². The predicted octanol–water partition coefficient (Wildman–Crippen LogP) is 4.87. The van der Waals surface area contributed by atoms with E-state index in [9.17, 15) is 0 Å². The van der Waals surface area contributed by atoms with Gasteiger partial charge >= 0.3 is 0 Å². The number of para-hydroxylation sites is 1. The number of benzene rings is 1. The molecular weight excluding hydrogens is 460 g/mol. The Morgan fingerprint density at radius 2 is 1.93 bits per heavy atom. The lowest BCUT2D eigenvalue weighted by molar-refractivity contribution is 0.164. The van der Waals surface area contributed by atoms with Crippen molar-refractivity contribution in [2.45, 2.75) is 25.9 Å². The minimum atomic E-state index is -0.0243. The molecule has 0 unspecified atom stereocenters. The van der Waals surface area contributed by atoms with E-state index >= 15 is 0 Å². The first-order valence-electron chi connectivity index (χ1n) is 9.93. The van der Waals surface area contributed by atoms with Crippen molar-refractivity contribution in [2.75, 3.05) is 20.3 Å². The van der Waals surface area contributed by atoms with Crippen LogP contribution in [0.5, 0.6) is 0 Å². The largest absolute Gasteiger partial charge is 0.383 e. The molecule has 0 aliphatic carbocycles. The van der Waals surface area contributed by atoms with E-state index < -0.39 is 0 Å². The predicted molar refractivity (Wildman–Crippen MR) is 127 cm³/mol. The van der Waals surface area contributed by atoms with Gasteiger partial charge in [-0.2, -0.15) is 0 Å². The molecule has 5 nitrogen and oxygen atoms in total. The van der Waals surface area contributed by atoms with Gasteiger partial charge < -0.3 is 19.5 Å². The van der Waals surface area contributed by atoms with Crippen LogP contribution < -0.4 is 5.32 Å². The Balaban J connectivity index is 1.83. The van der Waals surface area contributed by atoms with Crippen molar-refractivity contribution >= 4 is 33.3 Å². The van der Waals surface area contributed by atoms with Gasteiger partial charge in [0.1, 0.15) is 0 Å². The zero-order valence-electron chi connectivity index (χ0n) is 17.3. The number of aryl methyl sites for hydroxylation is 1. The highest BCUT2D eigenvalue weighted by atomic mass is 79.9. The third-order valence-electron chi connectivity index (χ3n) is 5.62. The van der Waals surface area contributed by atoms with Crippen molar-refractivity contribution in [3.63, 3.8) is 0 Å². The maximum atomic E-state index is 5.72. The van der Waals surface area contributed by atoms with Crippen molar-refractivity contribution in [1.82, 2.24) is 19.8 Å². The van der Waals surface area contributed by atoms with E-state index in [-0.39, 0.29) is 12.1 Å². The van der Waals surface area contributed by atoms with E-state index in [0.717, 1.165) is 27.5 Å². The molecule has 1 aromatic carbocycles. The Morgan fingerprint density at radius 1 is 1.17 bits per heavy atom. The molecule has 0 radical (unpaired) electrons. The SMILES string of the molecule is COCCN1C(=S)N[C@H](c2ccccn2)[C@@H]1c1cc(C)n(-c2ccccc2Br)c1C. The number of pyridine rings is 1. The van der Waals surface area contributed by atoms with Gasteiger partial charge in [0.2, 0.25) is 0 Å². The van der Waals surface area contributed by atoms with Crippen LogP contribution in [0, 0.1) is 13.8 Å². The lowest BCUT2D eigenvalue weighted by Gasteiger charge is -2.28. The van der Waals surface area contributed by atoms with E-state index in [1.807, 2.05) is 24.4 Å². The number of ether oxygens (including phenoxy) is 1. The van der Waals surface area contributed by atoms with Crippen LogP contribution in [0.2, 0.25) is 0 Å². The van der Waals surface area contributed by atoms with Crippen molar-refractivity contribution in [1.29, 1.82) is 0 Å². The molecular formula is C23H25BrN4OS. The molecule has 3 heterocycles. The highest BCUT2D eigenvalue weighted by Crippen LogP contribution is 2.41. The first-order valence-corrected chi connectivity index (χ1v) is 11.1. The van der Waals surface area contributed by atoms with Crippen LogP contribution in [0.1, 0.15) is 34.7 Å². The molecule has 4 rings (SSSR count). The Labute approximate surface area is 191 Å². The minimum absolute atomic E-state index is 0.0243. The van der Waals surface area contributed by atoms with Gasteiger partial charge in [-0.05, 0) is 77.9 Å².